The van der Waals surface area contributed by atoms with E-state index in [0.717, 1.165) is 12.0 Å². The van der Waals surface area contributed by atoms with E-state index in [1.54, 1.807) is 31.2 Å². The molecule has 0 bridgehead atoms. The van der Waals surface area contributed by atoms with Gasteiger partial charge >= 0.3 is 5.97 Å². The highest BCUT2D eigenvalue weighted by molar-refractivity contribution is 6.30. The van der Waals surface area contributed by atoms with Crippen LogP contribution in [0.1, 0.15) is 51.0 Å². The quantitative estimate of drug-likeness (QED) is 0.520. The smallest absolute Gasteiger partial charge is 0.339 e. The minimum Gasteiger partial charge on any atom is -0.465 e. The number of H-pyrrole nitrogens is 1. The third-order valence-electron chi connectivity index (χ3n) is 4.00. The SMILES string of the molecule is CCCc1c(C(=O)NNC(=O)Cc2ccc(Cl)cc2)[nH]c(C)c1C(=O)OC. The molecule has 1 aromatic carbocycles. The lowest BCUT2D eigenvalue weighted by molar-refractivity contribution is -0.121. The van der Waals surface area contributed by atoms with Crippen molar-refractivity contribution in [3.63, 3.8) is 0 Å². The van der Waals surface area contributed by atoms with Crippen LogP contribution in [-0.4, -0.2) is 29.9 Å². The van der Waals surface area contributed by atoms with Gasteiger partial charge in [0.15, 0.2) is 0 Å². The molecule has 8 heteroatoms. The Labute approximate surface area is 162 Å². The van der Waals surface area contributed by atoms with Gasteiger partial charge in [-0.15, -0.1) is 0 Å². The van der Waals surface area contributed by atoms with Gasteiger partial charge in [0.05, 0.1) is 19.1 Å². The Kier molecular flexibility index (Phi) is 7.01. The van der Waals surface area contributed by atoms with Crippen LogP contribution in [0.2, 0.25) is 5.02 Å². The third kappa shape index (κ3) is 5.10. The fourth-order valence-electron chi connectivity index (χ4n) is 2.77. The molecule has 3 N–H and O–H groups in total. The molecule has 27 heavy (non-hydrogen) atoms. The first-order valence-corrected chi connectivity index (χ1v) is 8.88. The molecule has 1 aromatic heterocycles. The van der Waals surface area contributed by atoms with Gasteiger partial charge < -0.3 is 9.72 Å². The maximum absolute atomic E-state index is 12.5. The zero-order valence-electron chi connectivity index (χ0n) is 15.4. The molecule has 2 amide bonds. The molecular formula is C19H22ClN3O4. The number of aromatic amines is 1. The summed E-state index contributed by atoms with van der Waals surface area (Å²) in [7, 11) is 1.29. The van der Waals surface area contributed by atoms with E-state index >= 15 is 0 Å². The lowest BCUT2D eigenvalue weighted by Crippen LogP contribution is -2.42. The van der Waals surface area contributed by atoms with Crippen molar-refractivity contribution in [2.75, 3.05) is 7.11 Å². The predicted octanol–water partition coefficient (Wildman–Crippen LogP) is 2.72. The number of halogens is 1. The van der Waals surface area contributed by atoms with Gasteiger partial charge in [0.1, 0.15) is 5.69 Å². The number of aryl methyl sites for hydroxylation is 1. The summed E-state index contributed by atoms with van der Waals surface area (Å²) in [6, 6.07) is 6.85. The standard InChI is InChI=1S/C19H22ClN3O4/c1-4-5-14-16(19(26)27-3)11(2)21-17(14)18(25)23-22-15(24)10-12-6-8-13(20)9-7-12/h6-9,21H,4-5,10H2,1-3H3,(H,22,24)(H,23,25). The first-order valence-electron chi connectivity index (χ1n) is 8.50. The first-order chi connectivity index (χ1) is 12.9. The van der Waals surface area contributed by atoms with Crippen molar-refractivity contribution in [1.82, 2.24) is 15.8 Å². The predicted molar refractivity (Wildman–Crippen MR) is 102 cm³/mol. The molecule has 0 unspecified atom stereocenters. The van der Waals surface area contributed by atoms with Crippen LogP contribution in [0, 0.1) is 6.92 Å². The van der Waals surface area contributed by atoms with Crippen LogP contribution in [0.25, 0.3) is 0 Å². The highest BCUT2D eigenvalue weighted by Gasteiger charge is 2.24. The topological polar surface area (TPSA) is 100 Å². The number of rotatable bonds is 6. The lowest BCUT2D eigenvalue weighted by Gasteiger charge is -2.09. The Morgan fingerprint density at radius 2 is 1.81 bits per heavy atom. The van der Waals surface area contributed by atoms with E-state index in [1.807, 2.05) is 6.92 Å². The number of hydrogen-bond acceptors (Lipinski definition) is 4. The maximum atomic E-state index is 12.5. The largest absolute Gasteiger partial charge is 0.465 e. The molecule has 0 radical (unpaired) electrons. The van der Waals surface area contributed by atoms with Gasteiger partial charge in [-0.25, -0.2) is 4.79 Å². The fourth-order valence-corrected chi connectivity index (χ4v) is 2.90. The Bertz CT molecular complexity index is 843. The summed E-state index contributed by atoms with van der Waals surface area (Å²) < 4.78 is 4.80. The van der Waals surface area contributed by atoms with Crippen LogP contribution < -0.4 is 10.9 Å². The van der Waals surface area contributed by atoms with E-state index in [1.165, 1.54) is 7.11 Å². The summed E-state index contributed by atoms with van der Waals surface area (Å²) in [5, 5.41) is 0.583. The number of nitrogens with one attached hydrogen (secondary N) is 3. The zero-order chi connectivity index (χ0) is 20.0. The highest BCUT2D eigenvalue weighted by Crippen LogP contribution is 2.21. The summed E-state index contributed by atoms with van der Waals surface area (Å²) in [6.45, 7) is 3.64. The summed E-state index contributed by atoms with van der Waals surface area (Å²) in [6.07, 6.45) is 1.36. The molecule has 0 aliphatic rings. The average Bonchev–Trinajstić information content (AvgIpc) is 2.97. The third-order valence-corrected chi connectivity index (χ3v) is 4.25. The summed E-state index contributed by atoms with van der Waals surface area (Å²) in [5.41, 5.74) is 7.24. The van der Waals surface area contributed by atoms with Crippen molar-refractivity contribution in [2.24, 2.45) is 0 Å². The minimum absolute atomic E-state index is 0.0937. The van der Waals surface area contributed by atoms with Crippen LogP contribution in [0.4, 0.5) is 0 Å². The highest BCUT2D eigenvalue weighted by atomic mass is 35.5. The second-order valence-electron chi connectivity index (χ2n) is 6.03. The van der Waals surface area contributed by atoms with Crippen molar-refractivity contribution in [3.05, 3.63) is 57.4 Å². The summed E-state index contributed by atoms with van der Waals surface area (Å²) >= 11 is 5.81. The van der Waals surface area contributed by atoms with Gasteiger partial charge in [0.25, 0.3) is 5.91 Å². The molecule has 0 saturated heterocycles. The number of benzene rings is 1. The van der Waals surface area contributed by atoms with Gasteiger partial charge in [-0.05, 0) is 36.6 Å². The molecule has 0 saturated carbocycles. The fraction of sp³-hybridized carbons (Fsp3) is 0.316. The van der Waals surface area contributed by atoms with Gasteiger partial charge in [-0.2, -0.15) is 0 Å². The van der Waals surface area contributed by atoms with Crippen LogP contribution in [0.5, 0.6) is 0 Å². The number of hydrogen-bond donors (Lipinski definition) is 3. The molecular weight excluding hydrogens is 370 g/mol. The second-order valence-corrected chi connectivity index (χ2v) is 6.46. The van der Waals surface area contributed by atoms with Crippen LogP contribution >= 0.6 is 11.6 Å². The molecule has 7 nitrogen and oxygen atoms in total. The second kappa shape index (κ2) is 9.23. The van der Waals surface area contributed by atoms with Gasteiger partial charge in [0, 0.05) is 10.7 Å². The number of ether oxygens (including phenoxy) is 1. The summed E-state index contributed by atoms with van der Waals surface area (Å²) in [4.78, 5) is 39.4. The van der Waals surface area contributed by atoms with Crippen molar-refractivity contribution in [2.45, 2.75) is 33.1 Å². The first kappa shape index (κ1) is 20.5. The molecule has 0 aliphatic carbocycles. The Hall–Kier alpha value is -2.80. The number of carbonyl (C=O) groups is 3. The van der Waals surface area contributed by atoms with Crippen molar-refractivity contribution in [3.8, 4) is 0 Å². The molecule has 1 heterocycles. The number of aromatic nitrogens is 1. The van der Waals surface area contributed by atoms with Gasteiger partial charge in [-0.3, -0.25) is 20.4 Å². The minimum atomic E-state index is -0.527. The molecule has 0 atom stereocenters. The van der Waals surface area contributed by atoms with Crippen molar-refractivity contribution >= 4 is 29.4 Å². The van der Waals surface area contributed by atoms with E-state index in [9.17, 15) is 14.4 Å². The van der Waals surface area contributed by atoms with Crippen LogP contribution in [-0.2, 0) is 22.4 Å². The van der Waals surface area contributed by atoms with E-state index in [4.69, 9.17) is 16.3 Å². The van der Waals surface area contributed by atoms with E-state index in [-0.39, 0.29) is 18.0 Å². The number of hydrazine groups is 1. The molecule has 0 aliphatic heterocycles. The van der Waals surface area contributed by atoms with E-state index in [0.29, 0.717) is 28.3 Å². The zero-order valence-corrected chi connectivity index (χ0v) is 16.2. The molecule has 2 rings (SSSR count). The van der Waals surface area contributed by atoms with E-state index in [2.05, 4.69) is 15.8 Å². The van der Waals surface area contributed by atoms with E-state index < -0.39 is 11.9 Å². The monoisotopic (exact) mass is 391 g/mol. The molecule has 0 spiro atoms. The van der Waals surface area contributed by atoms with Gasteiger partial charge in [0.2, 0.25) is 5.91 Å². The lowest BCUT2D eigenvalue weighted by atomic mass is 10.0. The Morgan fingerprint density at radius 1 is 1.15 bits per heavy atom. The van der Waals surface area contributed by atoms with Crippen molar-refractivity contribution < 1.29 is 19.1 Å². The molecule has 2 aromatic rings. The Balaban J connectivity index is 2.07. The Morgan fingerprint density at radius 3 is 2.41 bits per heavy atom. The van der Waals surface area contributed by atoms with Crippen molar-refractivity contribution in [1.29, 1.82) is 0 Å². The van der Waals surface area contributed by atoms with Gasteiger partial charge in [-0.1, -0.05) is 37.1 Å². The average molecular weight is 392 g/mol. The molecule has 0 fully saturated rings. The number of esters is 1. The maximum Gasteiger partial charge on any atom is 0.339 e. The molecule has 144 valence electrons. The number of methoxy groups -OCH3 is 1. The number of amides is 2. The van der Waals surface area contributed by atoms with Crippen LogP contribution in [0.3, 0.4) is 0 Å². The summed E-state index contributed by atoms with van der Waals surface area (Å²) in [5.74, 6) is -1.40. The number of carbonyl (C=O) groups excluding carboxylic acids is 3. The van der Waals surface area contributed by atoms with Crippen LogP contribution in [0.15, 0.2) is 24.3 Å². The normalized spacial score (nSPS) is 10.4.